The normalized spacial score (nSPS) is 15.1. The van der Waals surface area contributed by atoms with E-state index >= 15 is 0 Å². The first-order chi connectivity index (χ1) is 12.7. The van der Waals surface area contributed by atoms with E-state index in [9.17, 15) is 9.90 Å². The molecule has 1 heterocycles. The SMILES string of the molecule is CCOC(=O)C1=C(Cc2ccc(O)cc2)CN(Cc2ccccc2)CC1. The minimum atomic E-state index is -0.194. The molecule has 0 amide bonds. The number of hydrogen-bond donors (Lipinski definition) is 1. The molecule has 1 N–H and O–H groups in total. The third-order valence-corrected chi connectivity index (χ3v) is 4.64. The van der Waals surface area contributed by atoms with E-state index in [2.05, 4.69) is 29.2 Å². The number of benzene rings is 2. The van der Waals surface area contributed by atoms with Crippen LogP contribution in [0.5, 0.6) is 5.75 Å². The van der Waals surface area contributed by atoms with Gasteiger partial charge in [-0.2, -0.15) is 0 Å². The van der Waals surface area contributed by atoms with E-state index < -0.39 is 0 Å². The molecule has 0 aliphatic carbocycles. The second-order valence-corrected chi connectivity index (χ2v) is 6.59. The number of phenols is 1. The predicted octanol–water partition coefficient (Wildman–Crippen LogP) is 3.70. The van der Waals surface area contributed by atoms with E-state index in [1.807, 2.05) is 25.1 Å². The standard InChI is InChI=1S/C22H25NO3/c1-2-26-22(25)21-12-13-23(15-18-6-4-3-5-7-18)16-19(21)14-17-8-10-20(24)11-9-17/h3-11,24H,2,12-16H2,1H3. The molecule has 2 aromatic rings. The molecule has 0 unspecified atom stereocenters. The molecule has 1 aliphatic heterocycles. The fraction of sp³-hybridized carbons (Fsp3) is 0.318. The molecular weight excluding hydrogens is 326 g/mol. The van der Waals surface area contributed by atoms with Crippen molar-refractivity contribution in [1.29, 1.82) is 0 Å². The van der Waals surface area contributed by atoms with Gasteiger partial charge in [0.15, 0.2) is 0 Å². The van der Waals surface area contributed by atoms with E-state index in [0.29, 0.717) is 19.4 Å². The van der Waals surface area contributed by atoms with Gasteiger partial charge in [-0.25, -0.2) is 4.79 Å². The van der Waals surface area contributed by atoms with Crippen molar-refractivity contribution in [2.75, 3.05) is 19.7 Å². The lowest BCUT2D eigenvalue weighted by molar-refractivity contribution is -0.138. The highest BCUT2D eigenvalue weighted by molar-refractivity contribution is 5.89. The quantitative estimate of drug-likeness (QED) is 0.806. The lowest BCUT2D eigenvalue weighted by Crippen LogP contribution is -2.34. The van der Waals surface area contributed by atoms with Gasteiger partial charge in [-0.3, -0.25) is 4.90 Å². The highest BCUT2D eigenvalue weighted by atomic mass is 16.5. The summed E-state index contributed by atoms with van der Waals surface area (Å²) in [4.78, 5) is 14.7. The molecule has 2 aromatic carbocycles. The Labute approximate surface area is 154 Å². The van der Waals surface area contributed by atoms with Gasteiger partial charge in [0.2, 0.25) is 0 Å². The fourth-order valence-electron chi connectivity index (χ4n) is 3.36. The van der Waals surface area contributed by atoms with Crippen molar-refractivity contribution < 1.29 is 14.6 Å². The summed E-state index contributed by atoms with van der Waals surface area (Å²) < 4.78 is 5.27. The second-order valence-electron chi connectivity index (χ2n) is 6.59. The van der Waals surface area contributed by atoms with Crippen molar-refractivity contribution in [3.05, 3.63) is 76.9 Å². The maximum atomic E-state index is 12.4. The van der Waals surface area contributed by atoms with Gasteiger partial charge in [0, 0.05) is 25.2 Å². The first-order valence-corrected chi connectivity index (χ1v) is 9.08. The van der Waals surface area contributed by atoms with Gasteiger partial charge in [-0.1, -0.05) is 42.5 Å². The minimum Gasteiger partial charge on any atom is -0.508 e. The molecule has 0 atom stereocenters. The number of hydrogen-bond acceptors (Lipinski definition) is 4. The van der Waals surface area contributed by atoms with Gasteiger partial charge < -0.3 is 9.84 Å². The van der Waals surface area contributed by atoms with Gasteiger partial charge >= 0.3 is 5.97 Å². The van der Waals surface area contributed by atoms with E-state index in [-0.39, 0.29) is 11.7 Å². The van der Waals surface area contributed by atoms with Crippen LogP contribution in [0.1, 0.15) is 24.5 Å². The number of nitrogens with zero attached hydrogens (tertiary/aromatic N) is 1. The van der Waals surface area contributed by atoms with Crippen LogP contribution in [0.2, 0.25) is 0 Å². The van der Waals surface area contributed by atoms with Crippen LogP contribution in [0.3, 0.4) is 0 Å². The van der Waals surface area contributed by atoms with Gasteiger partial charge in [-0.05, 0) is 48.6 Å². The molecule has 4 nitrogen and oxygen atoms in total. The molecule has 4 heteroatoms. The highest BCUT2D eigenvalue weighted by Crippen LogP contribution is 2.25. The third kappa shape index (κ3) is 4.73. The molecule has 0 aromatic heterocycles. The predicted molar refractivity (Wildman–Crippen MR) is 102 cm³/mol. The van der Waals surface area contributed by atoms with Gasteiger partial charge in [0.1, 0.15) is 5.75 Å². The summed E-state index contributed by atoms with van der Waals surface area (Å²) in [6, 6.07) is 17.6. The van der Waals surface area contributed by atoms with Crippen molar-refractivity contribution >= 4 is 5.97 Å². The summed E-state index contributed by atoms with van der Waals surface area (Å²) >= 11 is 0. The van der Waals surface area contributed by atoms with Gasteiger partial charge in [0.05, 0.1) is 6.61 Å². The topological polar surface area (TPSA) is 49.8 Å². The zero-order valence-electron chi connectivity index (χ0n) is 15.1. The maximum absolute atomic E-state index is 12.4. The van der Waals surface area contributed by atoms with E-state index in [4.69, 9.17) is 4.74 Å². The Bertz CT molecular complexity index is 766. The number of aromatic hydroxyl groups is 1. The van der Waals surface area contributed by atoms with Crippen LogP contribution in [-0.4, -0.2) is 35.7 Å². The van der Waals surface area contributed by atoms with Crippen molar-refractivity contribution in [2.24, 2.45) is 0 Å². The van der Waals surface area contributed by atoms with Gasteiger partial charge in [-0.15, -0.1) is 0 Å². The Balaban J connectivity index is 1.79. The zero-order valence-corrected chi connectivity index (χ0v) is 15.1. The fourth-order valence-corrected chi connectivity index (χ4v) is 3.36. The molecule has 0 spiro atoms. The molecule has 0 saturated heterocycles. The monoisotopic (exact) mass is 351 g/mol. The Morgan fingerprint density at radius 2 is 1.81 bits per heavy atom. The van der Waals surface area contributed by atoms with Crippen LogP contribution in [-0.2, 0) is 22.5 Å². The van der Waals surface area contributed by atoms with E-state index in [0.717, 1.165) is 36.3 Å². The number of ether oxygens (including phenoxy) is 1. The first-order valence-electron chi connectivity index (χ1n) is 9.08. The smallest absolute Gasteiger partial charge is 0.334 e. The molecular formula is C22H25NO3. The van der Waals surface area contributed by atoms with Crippen LogP contribution in [0.25, 0.3) is 0 Å². The van der Waals surface area contributed by atoms with E-state index in [1.165, 1.54) is 5.56 Å². The van der Waals surface area contributed by atoms with Crippen LogP contribution >= 0.6 is 0 Å². The molecule has 26 heavy (non-hydrogen) atoms. The summed E-state index contributed by atoms with van der Waals surface area (Å²) in [6.45, 7) is 4.70. The number of esters is 1. The second kappa shape index (κ2) is 8.68. The van der Waals surface area contributed by atoms with Crippen molar-refractivity contribution in [1.82, 2.24) is 4.90 Å². The Morgan fingerprint density at radius 1 is 1.08 bits per heavy atom. The summed E-state index contributed by atoms with van der Waals surface area (Å²) in [5.41, 5.74) is 4.28. The molecule has 0 bridgehead atoms. The third-order valence-electron chi connectivity index (χ3n) is 4.64. The summed E-state index contributed by atoms with van der Waals surface area (Å²) in [5.74, 6) is 0.0586. The van der Waals surface area contributed by atoms with Crippen molar-refractivity contribution in [3.63, 3.8) is 0 Å². The molecule has 0 radical (unpaired) electrons. The number of rotatable bonds is 6. The minimum absolute atomic E-state index is 0.194. The highest BCUT2D eigenvalue weighted by Gasteiger charge is 2.24. The summed E-state index contributed by atoms with van der Waals surface area (Å²) in [5, 5.41) is 9.48. The average molecular weight is 351 g/mol. The Kier molecular flexibility index (Phi) is 6.08. The van der Waals surface area contributed by atoms with Crippen LogP contribution in [0.15, 0.2) is 65.7 Å². The van der Waals surface area contributed by atoms with Crippen molar-refractivity contribution in [2.45, 2.75) is 26.3 Å². The maximum Gasteiger partial charge on any atom is 0.334 e. The largest absolute Gasteiger partial charge is 0.508 e. The Hall–Kier alpha value is -2.59. The average Bonchev–Trinajstić information content (AvgIpc) is 2.65. The van der Waals surface area contributed by atoms with Crippen LogP contribution in [0, 0.1) is 0 Å². The lowest BCUT2D eigenvalue weighted by atomic mass is 9.94. The molecule has 136 valence electrons. The summed E-state index contributed by atoms with van der Waals surface area (Å²) in [6.07, 6.45) is 1.40. The van der Waals surface area contributed by atoms with Gasteiger partial charge in [0.25, 0.3) is 0 Å². The van der Waals surface area contributed by atoms with Crippen molar-refractivity contribution in [3.8, 4) is 5.75 Å². The lowest BCUT2D eigenvalue weighted by Gasteiger charge is -2.30. The Morgan fingerprint density at radius 3 is 2.50 bits per heavy atom. The molecule has 0 fully saturated rings. The number of phenolic OH excluding ortho intramolecular Hbond substituents is 1. The van der Waals surface area contributed by atoms with Crippen LogP contribution < -0.4 is 0 Å². The molecule has 0 saturated carbocycles. The summed E-state index contributed by atoms with van der Waals surface area (Å²) in [7, 11) is 0. The molecule has 3 rings (SSSR count). The zero-order chi connectivity index (χ0) is 18.4. The van der Waals surface area contributed by atoms with E-state index in [1.54, 1.807) is 12.1 Å². The number of carbonyl (C=O) groups excluding carboxylic acids is 1. The number of carbonyl (C=O) groups is 1. The molecule has 1 aliphatic rings. The first kappa shape index (κ1) is 18.2. The van der Waals surface area contributed by atoms with Crippen LogP contribution in [0.4, 0.5) is 0 Å².